The van der Waals surface area contributed by atoms with E-state index in [9.17, 15) is 24.3 Å². The van der Waals surface area contributed by atoms with Crippen LogP contribution in [0.25, 0.3) is 0 Å². The van der Waals surface area contributed by atoms with Gasteiger partial charge in [-0.2, -0.15) is 0 Å². The van der Waals surface area contributed by atoms with Crippen molar-refractivity contribution < 1.29 is 38.5 Å². The number of rotatable bonds is 10. The molecule has 1 aliphatic carbocycles. The molecule has 2 rings (SSSR count). The Balaban J connectivity index is 2.41. The summed E-state index contributed by atoms with van der Waals surface area (Å²) < 4.78 is 15.9. The summed E-state index contributed by atoms with van der Waals surface area (Å²) in [6.45, 7) is 6.10. The fourth-order valence-corrected chi connectivity index (χ4v) is 3.81. The molecule has 1 aromatic carbocycles. The maximum atomic E-state index is 12.9. The molecule has 1 aromatic rings. The van der Waals surface area contributed by atoms with Crippen LogP contribution in [-0.4, -0.2) is 40.8 Å². The minimum Gasteiger partial charge on any atom is -0.477 e. The number of aliphatic carboxylic acids is 1. The van der Waals surface area contributed by atoms with E-state index in [2.05, 4.69) is 5.32 Å². The van der Waals surface area contributed by atoms with Crippen LogP contribution in [0.4, 0.5) is 0 Å². The summed E-state index contributed by atoms with van der Waals surface area (Å²) in [6, 6.07) is 4.10. The molecule has 0 amide bonds. The van der Waals surface area contributed by atoms with Gasteiger partial charge in [-0.3, -0.25) is 19.7 Å². The van der Waals surface area contributed by atoms with Gasteiger partial charge < -0.3 is 19.3 Å². The van der Waals surface area contributed by atoms with Crippen LogP contribution in [0.1, 0.15) is 71.8 Å². The van der Waals surface area contributed by atoms with Crippen LogP contribution in [0.15, 0.2) is 18.2 Å². The number of nitrogens with one attached hydrogen (secondary N) is 1. The summed E-state index contributed by atoms with van der Waals surface area (Å²) in [5, 5.41) is 13.1. The third-order valence-electron chi connectivity index (χ3n) is 5.62. The number of carbonyl (C=O) groups excluding carboxylic acids is 3. The molecular weight excluding hydrogens is 430 g/mol. The fraction of sp³-hybridized carbons (Fsp3) is 0.583. The second kappa shape index (κ2) is 11.8. The maximum Gasteiger partial charge on any atom is 0.364 e. The molecular formula is C24H33NO8. The van der Waals surface area contributed by atoms with Gasteiger partial charge in [0, 0.05) is 26.3 Å². The van der Waals surface area contributed by atoms with Crippen molar-refractivity contribution in [1.29, 1.82) is 0 Å². The number of esters is 3. The topological polar surface area (TPSA) is 128 Å². The first-order chi connectivity index (χ1) is 15.6. The molecule has 1 fully saturated rings. The van der Waals surface area contributed by atoms with Gasteiger partial charge >= 0.3 is 23.9 Å². The van der Waals surface area contributed by atoms with Crippen molar-refractivity contribution in [3.8, 4) is 11.5 Å². The molecule has 9 heteroatoms. The summed E-state index contributed by atoms with van der Waals surface area (Å²) >= 11 is 0. The van der Waals surface area contributed by atoms with Crippen LogP contribution in [0, 0.1) is 5.92 Å². The zero-order valence-corrected chi connectivity index (χ0v) is 19.6. The SMILES string of the molecule is CCC(C)N[C@@](Cc1ccc(OC(C)=O)c(OC(C)=O)c1)(OC(=O)C1CCCCC1)C(=O)O. The van der Waals surface area contributed by atoms with E-state index in [0.717, 1.165) is 19.3 Å². The second-order valence-electron chi connectivity index (χ2n) is 8.49. The quantitative estimate of drug-likeness (QED) is 0.305. The largest absolute Gasteiger partial charge is 0.477 e. The van der Waals surface area contributed by atoms with Gasteiger partial charge in [-0.05, 0) is 43.9 Å². The van der Waals surface area contributed by atoms with E-state index >= 15 is 0 Å². The minimum absolute atomic E-state index is 0.0245. The van der Waals surface area contributed by atoms with Crippen molar-refractivity contribution in [3.63, 3.8) is 0 Å². The van der Waals surface area contributed by atoms with Crippen molar-refractivity contribution in [2.75, 3.05) is 0 Å². The number of carboxylic acids is 1. The third kappa shape index (κ3) is 7.56. The van der Waals surface area contributed by atoms with Gasteiger partial charge in [0.1, 0.15) is 0 Å². The molecule has 1 aliphatic rings. The number of hydrogen-bond donors (Lipinski definition) is 2. The summed E-state index contributed by atoms with van der Waals surface area (Å²) in [5.74, 6) is -3.44. The van der Waals surface area contributed by atoms with E-state index < -0.39 is 29.6 Å². The molecule has 0 aromatic heterocycles. The van der Waals surface area contributed by atoms with E-state index in [-0.39, 0.29) is 29.9 Å². The van der Waals surface area contributed by atoms with Gasteiger partial charge in [0.15, 0.2) is 11.5 Å². The van der Waals surface area contributed by atoms with Crippen LogP contribution in [-0.2, 0) is 30.3 Å². The summed E-state index contributed by atoms with van der Waals surface area (Å²) in [7, 11) is 0. The van der Waals surface area contributed by atoms with E-state index in [1.165, 1.54) is 32.0 Å². The van der Waals surface area contributed by atoms with Crippen molar-refractivity contribution in [1.82, 2.24) is 5.32 Å². The maximum absolute atomic E-state index is 12.9. The van der Waals surface area contributed by atoms with Gasteiger partial charge in [-0.1, -0.05) is 32.3 Å². The van der Waals surface area contributed by atoms with Crippen LogP contribution >= 0.6 is 0 Å². The average Bonchev–Trinajstić information content (AvgIpc) is 2.75. The molecule has 0 radical (unpaired) electrons. The molecule has 0 bridgehead atoms. The Kier molecular flexibility index (Phi) is 9.40. The lowest BCUT2D eigenvalue weighted by molar-refractivity contribution is -0.188. The summed E-state index contributed by atoms with van der Waals surface area (Å²) in [4.78, 5) is 48.3. The average molecular weight is 464 g/mol. The molecule has 2 N–H and O–H groups in total. The minimum atomic E-state index is -2.01. The van der Waals surface area contributed by atoms with Crippen LogP contribution in [0.5, 0.6) is 11.5 Å². The second-order valence-corrected chi connectivity index (χ2v) is 8.49. The van der Waals surface area contributed by atoms with Crippen LogP contribution in [0.2, 0.25) is 0 Å². The predicted molar refractivity (Wildman–Crippen MR) is 119 cm³/mol. The Hall–Kier alpha value is -2.94. The van der Waals surface area contributed by atoms with Crippen molar-refractivity contribution in [2.24, 2.45) is 5.92 Å². The first-order valence-corrected chi connectivity index (χ1v) is 11.3. The molecule has 0 aliphatic heterocycles. The Morgan fingerprint density at radius 2 is 1.67 bits per heavy atom. The van der Waals surface area contributed by atoms with Crippen LogP contribution < -0.4 is 14.8 Å². The number of hydrogen-bond acceptors (Lipinski definition) is 8. The molecule has 9 nitrogen and oxygen atoms in total. The van der Waals surface area contributed by atoms with Crippen molar-refractivity contribution in [2.45, 2.75) is 84.4 Å². The Morgan fingerprint density at radius 1 is 1.06 bits per heavy atom. The van der Waals surface area contributed by atoms with Gasteiger partial charge in [-0.25, -0.2) is 4.79 Å². The fourth-order valence-electron chi connectivity index (χ4n) is 3.81. The number of ether oxygens (including phenoxy) is 3. The lowest BCUT2D eigenvalue weighted by Crippen LogP contribution is -2.60. The third-order valence-corrected chi connectivity index (χ3v) is 5.62. The Labute approximate surface area is 193 Å². The summed E-state index contributed by atoms with van der Waals surface area (Å²) in [5.41, 5.74) is -1.60. The van der Waals surface area contributed by atoms with Crippen LogP contribution in [0.3, 0.4) is 0 Å². The smallest absolute Gasteiger partial charge is 0.364 e. The molecule has 0 saturated heterocycles. The lowest BCUT2D eigenvalue weighted by atomic mass is 9.89. The standard InChI is InChI=1S/C24H33NO8/c1-5-15(2)25-24(23(29)30,33-22(28)19-9-7-6-8-10-19)14-18-11-12-20(31-16(3)26)21(13-18)32-17(4)27/h11-13,15,19,25H,5-10,14H2,1-4H3,(H,29,30)/t15?,24-/m0/s1. The van der Waals surface area contributed by atoms with Gasteiger partial charge in [0.2, 0.25) is 0 Å². The highest BCUT2D eigenvalue weighted by atomic mass is 16.6. The first-order valence-electron chi connectivity index (χ1n) is 11.3. The van der Waals surface area contributed by atoms with Gasteiger partial charge in [0.05, 0.1) is 5.92 Å². The Morgan fingerprint density at radius 3 is 2.21 bits per heavy atom. The molecule has 2 atom stereocenters. The van der Waals surface area contributed by atoms with E-state index in [1.54, 1.807) is 6.92 Å². The highest BCUT2D eigenvalue weighted by Gasteiger charge is 2.45. The van der Waals surface area contributed by atoms with Crippen molar-refractivity contribution in [3.05, 3.63) is 23.8 Å². The van der Waals surface area contributed by atoms with Crippen molar-refractivity contribution >= 4 is 23.9 Å². The lowest BCUT2D eigenvalue weighted by Gasteiger charge is -2.35. The molecule has 0 heterocycles. The summed E-state index contributed by atoms with van der Waals surface area (Å²) in [6.07, 6.45) is 4.59. The number of carboxylic acid groups (broad SMARTS) is 1. The number of carbonyl (C=O) groups is 4. The predicted octanol–water partition coefficient (Wildman–Crippen LogP) is 3.37. The normalized spacial score (nSPS) is 16.8. The van der Waals surface area contributed by atoms with Gasteiger partial charge in [0.25, 0.3) is 5.72 Å². The molecule has 1 saturated carbocycles. The molecule has 0 spiro atoms. The molecule has 33 heavy (non-hydrogen) atoms. The zero-order chi connectivity index (χ0) is 24.6. The first kappa shape index (κ1) is 26.3. The van der Waals surface area contributed by atoms with E-state index in [1.807, 2.05) is 6.92 Å². The van der Waals surface area contributed by atoms with Gasteiger partial charge in [-0.15, -0.1) is 0 Å². The highest BCUT2D eigenvalue weighted by Crippen LogP contribution is 2.32. The van der Waals surface area contributed by atoms with E-state index in [0.29, 0.717) is 24.8 Å². The molecule has 182 valence electrons. The number of benzene rings is 1. The highest BCUT2D eigenvalue weighted by molar-refractivity contribution is 5.83. The Bertz CT molecular complexity index is 877. The zero-order valence-electron chi connectivity index (χ0n) is 19.6. The van der Waals surface area contributed by atoms with E-state index in [4.69, 9.17) is 14.2 Å². The monoisotopic (exact) mass is 463 g/mol. The molecule has 1 unspecified atom stereocenters.